The Labute approximate surface area is 138 Å². The predicted octanol–water partition coefficient (Wildman–Crippen LogP) is 2.29. The summed E-state index contributed by atoms with van der Waals surface area (Å²) in [5.74, 6) is 1.24. The molecule has 0 aliphatic rings. The Bertz CT molecular complexity index is 839. The SMILES string of the molecule is COc1cc(/C=N\n2c(=S)[nH]nc(C)c2=O)ccc1OC(C)C. The Morgan fingerprint density at radius 3 is 2.78 bits per heavy atom. The van der Waals surface area contributed by atoms with Crippen LogP contribution in [-0.2, 0) is 0 Å². The lowest BCUT2D eigenvalue weighted by Gasteiger charge is -2.13. The lowest BCUT2D eigenvalue weighted by atomic mass is 10.2. The van der Waals surface area contributed by atoms with E-state index in [1.54, 1.807) is 26.2 Å². The van der Waals surface area contributed by atoms with E-state index in [2.05, 4.69) is 15.3 Å². The quantitative estimate of drug-likeness (QED) is 0.670. The number of nitrogens with zero attached hydrogens (tertiary/aromatic N) is 3. The second-order valence-corrected chi connectivity index (χ2v) is 5.44. The molecule has 2 rings (SSSR count). The first-order valence-corrected chi connectivity index (χ1v) is 7.40. The van der Waals surface area contributed by atoms with Crippen LogP contribution in [0.25, 0.3) is 0 Å². The zero-order valence-electron chi connectivity index (χ0n) is 13.4. The normalized spacial score (nSPS) is 11.2. The van der Waals surface area contributed by atoms with Crippen molar-refractivity contribution in [3.63, 3.8) is 0 Å². The Morgan fingerprint density at radius 2 is 2.13 bits per heavy atom. The van der Waals surface area contributed by atoms with Gasteiger partial charge >= 0.3 is 0 Å². The predicted molar refractivity (Wildman–Crippen MR) is 90.2 cm³/mol. The molecule has 0 aliphatic heterocycles. The zero-order chi connectivity index (χ0) is 17.0. The molecule has 1 heterocycles. The Morgan fingerprint density at radius 1 is 1.39 bits per heavy atom. The van der Waals surface area contributed by atoms with Crippen LogP contribution in [0.1, 0.15) is 25.1 Å². The van der Waals surface area contributed by atoms with Gasteiger partial charge in [0.1, 0.15) is 5.69 Å². The molecular formula is C15H18N4O3S. The Hall–Kier alpha value is -2.48. The summed E-state index contributed by atoms with van der Waals surface area (Å²) in [5, 5.41) is 10.5. The van der Waals surface area contributed by atoms with Crippen molar-refractivity contribution in [2.24, 2.45) is 5.10 Å². The maximum Gasteiger partial charge on any atom is 0.296 e. The molecular weight excluding hydrogens is 316 g/mol. The summed E-state index contributed by atoms with van der Waals surface area (Å²) in [6.07, 6.45) is 1.56. The van der Waals surface area contributed by atoms with E-state index in [0.717, 1.165) is 10.2 Å². The fourth-order valence-corrected chi connectivity index (χ4v) is 1.99. The van der Waals surface area contributed by atoms with Crippen LogP contribution in [0.5, 0.6) is 11.5 Å². The number of rotatable bonds is 5. The molecule has 0 radical (unpaired) electrons. The highest BCUT2D eigenvalue weighted by molar-refractivity contribution is 7.71. The largest absolute Gasteiger partial charge is 0.493 e. The van der Waals surface area contributed by atoms with E-state index in [0.29, 0.717) is 11.5 Å². The third kappa shape index (κ3) is 4.04. The lowest BCUT2D eigenvalue weighted by Crippen LogP contribution is -2.22. The van der Waals surface area contributed by atoms with Crippen LogP contribution in [-0.4, -0.2) is 34.3 Å². The van der Waals surface area contributed by atoms with Crippen LogP contribution in [0, 0.1) is 11.7 Å². The standard InChI is InChI=1S/C15H18N4O3S/c1-9(2)22-12-6-5-11(7-13(12)21-4)8-16-19-14(20)10(3)17-18-15(19)23/h5-9H,1-4H3,(H,18,23)/b16-8-. The van der Waals surface area contributed by atoms with Crippen molar-refractivity contribution in [2.75, 3.05) is 7.11 Å². The van der Waals surface area contributed by atoms with E-state index >= 15 is 0 Å². The third-order valence-electron chi connectivity index (χ3n) is 2.89. The zero-order valence-corrected chi connectivity index (χ0v) is 14.2. The second kappa shape index (κ2) is 7.19. The first kappa shape index (κ1) is 16.9. The van der Waals surface area contributed by atoms with Gasteiger partial charge < -0.3 is 9.47 Å². The van der Waals surface area contributed by atoms with Gasteiger partial charge in [0.05, 0.1) is 19.4 Å². The van der Waals surface area contributed by atoms with Crippen LogP contribution in [0.15, 0.2) is 28.1 Å². The average Bonchev–Trinajstić information content (AvgIpc) is 2.51. The van der Waals surface area contributed by atoms with E-state index < -0.39 is 0 Å². The van der Waals surface area contributed by atoms with E-state index in [-0.39, 0.29) is 22.1 Å². The fraction of sp³-hybridized carbons (Fsp3) is 0.333. The summed E-state index contributed by atoms with van der Waals surface area (Å²) in [6.45, 7) is 5.46. The van der Waals surface area contributed by atoms with Crippen molar-refractivity contribution in [1.29, 1.82) is 0 Å². The number of H-pyrrole nitrogens is 1. The highest BCUT2D eigenvalue weighted by Gasteiger charge is 2.07. The third-order valence-corrected chi connectivity index (χ3v) is 3.15. The van der Waals surface area contributed by atoms with Crippen LogP contribution < -0.4 is 15.0 Å². The van der Waals surface area contributed by atoms with E-state index in [1.165, 1.54) is 6.21 Å². The van der Waals surface area contributed by atoms with Crippen molar-refractivity contribution in [3.8, 4) is 11.5 Å². The molecule has 0 saturated heterocycles. The molecule has 7 nitrogen and oxygen atoms in total. The molecule has 1 aromatic heterocycles. The molecule has 0 spiro atoms. The summed E-state index contributed by atoms with van der Waals surface area (Å²) in [5.41, 5.74) is 0.666. The van der Waals surface area contributed by atoms with Gasteiger partial charge in [0.2, 0.25) is 4.77 Å². The summed E-state index contributed by atoms with van der Waals surface area (Å²) >= 11 is 5.02. The van der Waals surface area contributed by atoms with Gasteiger partial charge in [-0.1, -0.05) is 0 Å². The molecule has 1 aromatic carbocycles. The van der Waals surface area contributed by atoms with Gasteiger partial charge in [0.25, 0.3) is 5.56 Å². The summed E-state index contributed by atoms with van der Waals surface area (Å²) < 4.78 is 12.2. The van der Waals surface area contributed by atoms with Gasteiger partial charge in [-0.2, -0.15) is 14.9 Å². The molecule has 0 fully saturated rings. The number of methoxy groups -OCH3 is 1. The van der Waals surface area contributed by atoms with Crippen molar-refractivity contribution in [2.45, 2.75) is 26.9 Å². The van der Waals surface area contributed by atoms with Crippen LogP contribution in [0.3, 0.4) is 0 Å². The number of ether oxygens (including phenoxy) is 2. The number of aromatic nitrogens is 3. The van der Waals surface area contributed by atoms with Gasteiger partial charge in [-0.05, 0) is 56.8 Å². The van der Waals surface area contributed by atoms with Crippen LogP contribution in [0.4, 0.5) is 0 Å². The number of aryl methyl sites for hydroxylation is 1. The number of benzene rings is 1. The Kier molecular flexibility index (Phi) is 5.28. The summed E-state index contributed by atoms with van der Waals surface area (Å²) in [4.78, 5) is 12.0. The Balaban J connectivity index is 2.36. The minimum atomic E-state index is -0.364. The lowest BCUT2D eigenvalue weighted by molar-refractivity contribution is 0.230. The maximum absolute atomic E-state index is 12.0. The van der Waals surface area contributed by atoms with Crippen molar-refractivity contribution >= 4 is 18.4 Å². The van der Waals surface area contributed by atoms with E-state index in [1.807, 2.05) is 19.9 Å². The molecule has 8 heteroatoms. The fourth-order valence-electron chi connectivity index (χ4n) is 1.82. The molecule has 122 valence electrons. The minimum absolute atomic E-state index is 0.0418. The van der Waals surface area contributed by atoms with Crippen LogP contribution in [0.2, 0.25) is 0 Å². The molecule has 23 heavy (non-hydrogen) atoms. The highest BCUT2D eigenvalue weighted by atomic mass is 32.1. The molecule has 1 N–H and O–H groups in total. The molecule has 0 unspecified atom stereocenters. The first-order chi connectivity index (χ1) is 10.9. The maximum atomic E-state index is 12.0. The van der Waals surface area contributed by atoms with Crippen molar-refractivity contribution in [1.82, 2.24) is 14.9 Å². The van der Waals surface area contributed by atoms with E-state index in [4.69, 9.17) is 21.7 Å². The smallest absolute Gasteiger partial charge is 0.296 e. The van der Waals surface area contributed by atoms with Gasteiger partial charge in [-0.15, -0.1) is 0 Å². The van der Waals surface area contributed by atoms with Gasteiger partial charge in [0, 0.05) is 0 Å². The summed E-state index contributed by atoms with van der Waals surface area (Å²) in [6, 6.07) is 5.38. The number of aromatic amines is 1. The van der Waals surface area contributed by atoms with Crippen molar-refractivity contribution < 1.29 is 9.47 Å². The second-order valence-electron chi connectivity index (χ2n) is 5.05. The minimum Gasteiger partial charge on any atom is -0.493 e. The molecule has 0 atom stereocenters. The van der Waals surface area contributed by atoms with E-state index in [9.17, 15) is 4.79 Å². The average molecular weight is 334 g/mol. The number of hydrogen-bond donors (Lipinski definition) is 1. The van der Waals surface area contributed by atoms with Gasteiger partial charge in [-0.25, -0.2) is 0 Å². The molecule has 0 bridgehead atoms. The summed E-state index contributed by atoms with van der Waals surface area (Å²) in [7, 11) is 1.57. The number of hydrogen-bond acceptors (Lipinski definition) is 6. The van der Waals surface area contributed by atoms with Gasteiger partial charge in [-0.3, -0.25) is 9.89 Å². The monoisotopic (exact) mass is 334 g/mol. The molecule has 0 saturated carbocycles. The van der Waals surface area contributed by atoms with Crippen LogP contribution >= 0.6 is 12.2 Å². The number of nitrogens with one attached hydrogen (secondary N) is 1. The molecule has 0 aliphatic carbocycles. The van der Waals surface area contributed by atoms with Crippen molar-refractivity contribution in [3.05, 3.63) is 44.6 Å². The highest BCUT2D eigenvalue weighted by Crippen LogP contribution is 2.28. The van der Waals surface area contributed by atoms with Gasteiger partial charge in [0.15, 0.2) is 11.5 Å². The molecule has 0 amide bonds. The first-order valence-electron chi connectivity index (χ1n) is 6.99. The molecule has 2 aromatic rings. The topological polar surface area (TPSA) is 81.5 Å².